The van der Waals surface area contributed by atoms with Gasteiger partial charge in [0.05, 0.1) is 13.1 Å². The molecule has 0 spiro atoms. The fourth-order valence-electron chi connectivity index (χ4n) is 3.24. The summed E-state index contributed by atoms with van der Waals surface area (Å²) < 4.78 is 2.04. The van der Waals surface area contributed by atoms with E-state index in [1.54, 1.807) is 4.90 Å². The lowest BCUT2D eigenvalue weighted by molar-refractivity contribution is -0.141. The molecule has 0 aliphatic rings. The molecule has 1 heterocycles. The van der Waals surface area contributed by atoms with Crippen molar-refractivity contribution in [3.8, 4) is 0 Å². The number of carbonyl (C=O) groups excluding carboxylic acids is 2. The molecule has 1 aromatic heterocycles. The Balaban J connectivity index is 2.72. The first kappa shape index (κ1) is 23.3. The number of aromatic nitrogens is 1. The van der Waals surface area contributed by atoms with Crippen molar-refractivity contribution in [3.63, 3.8) is 0 Å². The molecule has 0 radical (unpaired) electrons. The lowest BCUT2D eigenvalue weighted by atomic mass is 10.1. The number of hydrogen-bond donors (Lipinski definition) is 0. The van der Waals surface area contributed by atoms with Crippen LogP contribution >= 0.6 is 0 Å². The van der Waals surface area contributed by atoms with E-state index in [2.05, 4.69) is 27.7 Å². The van der Waals surface area contributed by atoms with E-state index in [1.165, 1.54) is 6.42 Å². The largest absolute Gasteiger partial charge is 0.353 e. The second-order valence-electron chi connectivity index (χ2n) is 7.90. The molecule has 27 heavy (non-hydrogen) atoms. The molecular formula is C22H39N3O2. The minimum absolute atomic E-state index is 0.0419. The Labute approximate surface area is 165 Å². The van der Waals surface area contributed by atoms with Gasteiger partial charge < -0.3 is 14.4 Å². The monoisotopic (exact) mass is 377 g/mol. The van der Waals surface area contributed by atoms with Gasteiger partial charge in [0.2, 0.25) is 11.8 Å². The summed E-state index contributed by atoms with van der Waals surface area (Å²) in [5.41, 5.74) is 1.11. The minimum Gasteiger partial charge on any atom is -0.353 e. The highest BCUT2D eigenvalue weighted by atomic mass is 16.2. The van der Waals surface area contributed by atoms with Crippen LogP contribution in [-0.4, -0.2) is 45.8 Å². The summed E-state index contributed by atoms with van der Waals surface area (Å²) in [4.78, 5) is 29.3. The smallest absolute Gasteiger partial charge is 0.242 e. The third-order valence-electron chi connectivity index (χ3n) is 4.76. The second kappa shape index (κ2) is 12.6. The fraction of sp³-hybridized carbons (Fsp3) is 0.727. The van der Waals surface area contributed by atoms with Gasteiger partial charge in [0.25, 0.3) is 0 Å². The minimum atomic E-state index is 0.0419. The summed E-state index contributed by atoms with van der Waals surface area (Å²) in [5, 5.41) is 0. The molecule has 0 bridgehead atoms. The highest BCUT2D eigenvalue weighted by Crippen LogP contribution is 2.11. The van der Waals surface area contributed by atoms with Crippen LogP contribution in [0.5, 0.6) is 0 Å². The maximum Gasteiger partial charge on any atom is 0.242 e. The quantitative estimate of drug-likeness (QED) is 0.483. The summed E-state index contributed by atoms with van der Waals surface area (Å²) >= 11 is 0. The van der Waals surface area contributed by atoms with Crippen molar-refractivity contribution in [3.05, 3.63) is 24.0 Å². The van der Waals surface area contributed by atoms with Crippen LogP contribution < -0.4 is 0 Å². The Morgan fingerprint density at radius 1 is 1.04 bits per heavy atom. The molecule has 1 aromatic rings. The van der Waals surface area contributed by atoms with Gasteiger partial charge in [-0.3, -0.25) is 9.59 Å². The number of hydrogen-bond acceptors (Lipinski definition) is 2. The highest BCUT2D eigenvalue weighted by molar-refractivity contribution is 5.84. The zero-order valence-electron chi connectivity index (χ0n) is 18.0. The van der Waals surface area contributed by atoms with Gasteiger partial charge in [-0.15, -0.1) is 0 Å². The molecule has 2 amide bonds. The average Bonchev–Trinajstić information content (AvgIpc) is 3.02. The van der Waals surface area contributed by atoms with Crippen molar-refractivity contribution >= 4 is 11.8 Å². The average molecular weight is 378 g/mol. The standard InChI is InChI=1S/C22H39N3O2/c1-6-8-9-10-13-21(26)24(14-7-2)18-22(27)25(16-19(3)4)17-20-12-11-15-23(20)5/h11-12,15,19H,6-10,13-14,16-18H2,1-5H3. The summed E-state index contributed by atoms with van der Waals surface area (Å²) in [5.74, 6) is 0.545. The molecule has 0 atom stereocenters. The van der Waals surface area contributed by atoms with E-state index < -0.39 is 0 Å². The van der Waals surface area contributed by atoms with Gasteiger partial charge in [-0.1, -0.05) is 47.0 Å². The van der Waals surface area contributed by atoms with E-state index in [-0.39, 0.29) is 18.4 Å². The molecule has 5 heteroatoms. The van der Waals surface area contributed by atoms with Crippen LogP contribution in [0.1, 0.15) is 71.9 Å². The first-order chi connectivity index (χ1) is 12.9. The van der Waals surface area contributed by atoms with Crippen LogP contribution in [0, 0.1) is 5.92 Å². The van der Waals surface area contributed by atoms with Gasteiger partial charge >= 0.3 is 0 Å². The van der Waals surface area contributed by atoms with E-state index >= 15 is 0 Å². The number of carbonyl (C=O) groups is 2. The first-order valence-corrected chi connectivity index (χ1v) is 10.5. The summed E-state index contributed by atoms with van der Waals surface area (Å²) in [6.45, 7) is 10.6. The molecule has 0 fully saturated rings. The molecule has 154 valence electrons. The van der Waals surface area contributed by atoms with Crippen molar-refractivity contribution in [1.82, 2.24) is 14.4 Å². The van der Waals surface area contributed by atoms with E-state index in [0.29, 0.717) is 32.0 Å². The van der Waals surface area contributed by atoms with Crippen LogP contribution in [-0.2, 0) is 23.2 Å². The Morgan fingerprint density at radius 2 is 1.78 bits per heavy atom. The van der Waals surface area contributed by atoms with Crippen LogP contribution in [0.4, 0.5) is 0 Å². The molecule has 0 aromatic carbocycles. The lowest BCUT2D eigenvalue weighted by Gasteiger charge is -2.29. The molecule has 5 nitrogen and oxygen atoms in total. The van der Waals surface area contributed by atoms with E-state index in [9.17, 15) is 9.59 Å². The van der Waals surface area contributed by atoms with Gasteiger partial charge in [-0.25, -0.2) is 0 Å². The fourth-order valence-corrected chi connectivity index (χ4v) is 3.24. The predicted octanol–water partition coefficient (Wildman–Crippen LogP) is 4.22. The number of unbranched alkanes of at least 4 members (excludes halogenated alkanes) is 3. The SMILES string of the molecule is CCCCCCC(=O)N(CCC)CC(=O)N(Cc1cccn1C)CC(C)C. The molecule has 0 saturated heterocycles. The number of nitrogens with zero attached hydrogens (tertiary/aromatic N) is 3. The maximum atomic E-state index is 13.0. The molecule has 0 unspecified atom stereocenters. The maximum absolute atomic E-state index is 13.0. The van der Waals surface area contributed by atoms with Crippen molar-refractivity contribution in [1.29, 1.82) is 0 Å². The van der Waals surface area contributed by atoms with Crippen LogP contribution in [0.25, 0.3) is 0 Å². The number of rotatable bonds is 13. The van der Waals surface area contributed by atoms with E-state index in [1.807, 2.05) is 34.8 Å². The van der Waals surface area contributed by atoms with Crippen molar-refractivity contribution < 1.29 is 9.59 Å². The zero-order chi connectivity index (χ0) is 20.2. The Morgan fingerprint density at radius 3 is 2.33 bits per heavy atom. The summed E-state index contributed by atoms with van der Waals surface area (Å²) in [6, 6.07) is 4.04. The normalized spacial score (nSPS) is 11.0. The molecule has 0 aliphatic carbocycles. The van der Waals surface area contributed by atoms with Crippen molar-refractivity contribution in [2.24, 2.45) is 13.0 Å². The van der Waals surface area contributed by atoms with Crippen LogP contribution in [0.15, 0.2) is 18.3 Å². The summed E-state index contributed by atoms with van der Waals surface area (Å²) in [7, 11) is 2.00. The zero-order valence-corrected chi connectivity index (χ0v) is 18.0. The van der Waals surface area contributed by atoms with Crippen molar-refractivity contribution in [2.75, 3.05) is 19.6 Å². The van der Waals surface area contributed by atoms with E-state index in [0.717, 1.165) is 31.4 Å². The second-order valence-corrected chi connectivity index (χ2v) is 7.90. The molecule has 0 saturated carbocycles. The predicted molar refractivity (Wildman–Crippen MR) is 111 cm³/mol. The number of amides is 2. The van der Waals surface area contributed by atoms with Gasteiger partial charge in [0, 0.05) is 38.4 Å². The molecular weight excluding hydrogens is 338 g/mol. The highest BCUT2D eigenvalue weighted by Gasteiger charge is 2.22. The van der Waals surface area contributed by atoms with Crippen molar-refractivity contribution in [2.45, 2.75) is 72.8 Å². The Bertz CT molecular complexity index is 566. The summed E-state index contributed by atoms with van der Waals surface area (Å²) in [6.07, 6.45) is 7.75. The van der Waals surface area contributed by atoms with Crippen LogP contribution in [0.2, 0.25) is 0 Å². The number of aryl methyl sites for hydroxylation is 1. The topological polar surface area (TPSA) is 45.6 Å². The third kappa shape index (κ3) is 8.63. The Hall–Kier alpha value is -1.78. The van der Waals surface area contributed by atoms with Gasteiger partial charge in [-0.2, -0.15) is 0 Å². The lowest BCUT2D eigenvalue weighted by Crippen LogP contribution is -2.44. The third-order valence-corrected chi connectivity index (χ3v) is 4.76. The van der Waals surface area contributed by atoms with Gasteiger partial charge in [-0.05, 0) is 30.9 Å². The molecule has 0 N–H and O–H groups in total. The molecule has 0 aliphatic heterocycles. The molecule has 1 rings (SSSR count). The first-order valence-electron chi connectivity index (χ1n) is 10.5. The Kier molecular flexibility index (Phi) is 10.8. The van der Waals surface area contributed by atoms with Gasteiger partial charge in [0.1, 0.15) is 0 Å². The van der Waals surface area contributed by atoms with Gasteiger partial charge in [0.15, 0.2) is 0 Å². The van der Waals surface area contributed by atoms with Crippen LogP contribution in [0.3, 0.4) is 0 Å². The van der Waals surface area contributed by atoms with E-state index in [4.69, 9.17) is 0 Å².